The van der Waals surface area contributed by atoms with Crippen LogP contribution in [0.1, 0.15) is 188 Å². The van der Waals surface area contributed by atoms with Gasteiger partial charge >= 0.3 is 0 Å². The minimum Gasteiger partial charge on any atom is -0.354 e. The Hall–Kier alpha value is -1.06. The second kappa shape index (κ2) is 28.9. The lowest BCUT2D eigenvalue weighted by Crippen LogP contribution is -2.47. The Kier molecular flexibility index (Phi) is 28.1. The zero-order valence-electron chi connectivity index (χ0n) is 26.4. The molecule has 0 saturated carbocycles. The normalized spacial score (nSPS) is 12.1. The lowest BCUT2D eigenvalue weighted by atomic mass is 10.0. The van der Waals surface area contributed by atoms with Crippen LogP contribution < -0.4 is 10.6 Å². The molecule has 38 heavy (non-hydrogen) atoms. The molecule has 0 rings (SSSR count). The summed E-state index contributed by atoms with van der Waals surface area (Å²) in [7, 11) is 0. The Labute approximate surface area is 238 Å². The van der Waals surface area contributed by atoms with E-state index in [9.17, 15) is 9.59 Å². The van der Waals surface area contributed by atoms with E-state index in [0.29, 0.717) is 18.8 Å². The lowest BCUT2D eigenvalue weighted by Gasteiger charge is -2.20. The van der Waals surface area contributed by atoms with Crippen LogP contribution in [-0.4, -0.2) is 24.4 Å². The van der Waals surface area contributed by atoms with Gasteiger partial charge in [0.25, 0.3) is 0 Å². The van der Waals surface area contributed by atoms with Crippen LogP contribution in [0.5, 0.6) is 0 Å². The fraction of sp³-hybridized carbons (Fsp3) is 0.941. The molecule has 0 aromatic heterocycles. The third-order valence-corrected chi connectivity index (χ3v) is 7.70. The molecule has 0 unspecified atom stereocenters. The maximum Gasteiger partial charge on any atom is 0.242 e. The number of rotatable bonds is 29. The maximum absolute atomic E-state index is 12.7. The Morgan fingerprint density at radius 1 is 0.526 bits per heavy atom. The summed E-state index contributed by atoms with van der Waals surface area (Å²) < 4.78 is 0. The lowest BCUT2D eigenvalue weighted by molar-refractivity contribution is -0.129. The Morgan fingerprint density at radius 2 is 0.895 bits per heavy atom. The van der Waals surface area contributed by atoms with Gasteiger partial charge in [0.05, 0.1) is 0 Å². The summed E-state index contributed by atoms with van der Waals surface area (Å²) in [6, 6.07) is -0.396. The summed E-state index contributed by atoms with van der Waals surface area (Å²) in [4.78, 5) is 25.2. The van der Waals surface area contributed by atoms with E-state index in [1.807, 2.05) is 0 Å². The van der Waals surface area contributed by atoms with E-state index in [4.69, 9.17) is 0 Å². The number of amides is 2. The Balaban J connectivity index is 3.81. The molecule has 0 radical (unpaired) electrons. The standard InChI is InChI=1S/C34H68N2O2/c1-5-7-9-11-13-15-17-18-19-20-22-24-26-28-33(37)36-32(30-31(3)4)34(38)35-29-27-25-23-21-16-14-12-10-8-6-2/h31-32H,5-30H2,1-4H3,(H,35,38)(H,36,37)/t32-/m0/s1. The van der Waals surface area contributed by atoms with Crippen molar-refractivity contribution in [2.45, 2.75) is 194 Å². The number of nitrogens with one attached hydrogen (secondary N) is 2. The predicted molar refractivity (Wildman–Crippen MR) is 167 cm³/mol. The average molecular weight is 537 g/mol. The molecule has 0 aromatic carbocycles. The molecule has 0 heterocycles. The second-order valence-corrected chi connectivity index (χ2v) is 12.2. The molecular formula is C34H68N2O2. The summed E-state index contributed by atoms with van der Waals surface area (Å²) in [5.41, 5.74) is 0. The zero-order chi connectivity index (χ0) is 28.1. The van der Waals surface area contributed by atoms with Gasteiger partial charge in [-0.1, -0.05) is 163 Å². The van der Waals surface area contributed by atoms with E-state index >= 15 is 0 Å². The first-order valence-corrected chi connectivity index (χ1v) is 17.1. The highest BCUT2D eigenvalue weighted by atomic mass is 16.2. The SMILES string of the molecule is CCCCCCCCCCCCCCCC(=O)N[C@@H](CC(C)C)C(=O)NCCCCCCCCCCCC. The second-order valence-electron chi connectivity index (χ2n) is 12.2. The van der Waals surface area contributed by atoms with Crippen molar-refractivity contribution in [2.24, 2.45) is 5.92 Å². The van der Waals surface area contributed by atoms with Crippen LogP contribution in [0.2, 0.25) is 0 Å². The summed E-state index contributed by atoms with van der Waals surface area (Å²) in [5.74, 6) is 0.404. The average Bonchev–Trinajstić information content (AvgIpc) is 2.89. The first-order valence-electron chi connectivity index (χ1n) is 17.1. The molecule has 0 aromatic rings. The maximum atomic E-state index is 12.7. The van der Waals surface area contributed by atoms with Crippen LogP contribution >= 0.6 is 0 Å². The minimum atomic E-state index is -0.396. The molecule has 0 aliphatic carbocycles. The number of hydrogen-bond acceptors (Lipinski definition) is 2. The van der Waals surface area contributed by atoms with Gasteiger partial charge in [-0.25, -0.2) is 0 Å². The van der Waals surface area contributed by atoms with Crippen LogP contribution in [0.25, 0.3) is 0 Å². The highest BCUT2D eigenvalue weighted by Gasteiger charge is 2.21. The van der Waals surface area contributed by atoms with Crippen molar-refractivity contribution in [3.63, 3.8) is 0 Å². The van der Waals surface area contributed by atoms with Gasteiger partial charge in [-0.2, -0.15) is 0 Å². The molecule has 0 aliphatic heterocycles. The third kappa shape index (κ3) is 26.5. The summed E-state index contributed by atoms with van der Waals surface area (Å²) in [6.07, 6.45) is 31.2. The van der Waals surface area contributed by atoms with E-state index in [2.05, 4.69) is 38.3 Å². The van der Waals surface area contributed by atoms with Gasteiger partial charge in [0.2, 0.25) is 11.8 Å². The van der Waals surface area contributed by atoms with E-state index < -0.39 is 6.04 Å². The van der Waals surface area contributed by atoms with Crippen molar-refractivity contribution in [1.82, 2.24) is 10.6 Å². The van der Waals surface area contributed by atoms with E-state index in [-0.39, 0.29) is 11.8 Å². The molecule has 226 valence electrons. The van der Waals surface area contributed by atoms with Crippen molar-refractivity contribution in [1.29, 1.82) is 0 Å². The molecule has 0 aliphatic rings. The quantitative estimate of drug-likeness (QED) is 0.0934. The molecular weight excluding hydrogens is 468 g/mol. The van der Waals surface area contributed by atoms with Gasteiger partial charge < -0.3 is 10.6 Å². The van der Waals surface area contributed by atoms with E-state index in [1.54, 1.807) is 0 Å². The van der Waals surface area contributed by atoms with Gasteiger partial charge in [0, 0.05) is 13.0 Å². The highest BCUT2D eigenvalue weighted by Crippen LogP contribution is 2.14. The summed E-state index contributed by atoms with van der Waals surface area (Å²) in [5, 5.41) is 6.11. The molecule has 0 spiro atoms. The van der Waals surface area contributed by atoms with Gasteiger partial charge in [-0.05, 0) is 25.2 Å². The summed E-state index contributed by atoms with van der Waals surface area (Å²) in [6.45, 7) is 9.48. The largest absolute Gasteiger partial charge is 0.354 e. The van der Waals surface area contributed by atoms with Crippen molar-refractivity contribution < 1.29 is 9.59 Å². The van der Waals surface area contributed by atoms with Crippen molar-refractivity contribution in [2.75, 3.05) is 6.54 Å². The summed E-state index contributed by atoms with van der Waals surface area (Å²) >= 11 is 0. The van der Waals surface area contributed by atoms with E-state index in [1.165, 1.54) is 128 Å². The van der Waals surface area contributed by atoms with Crippen molar-refractivity contribution >= 4 is 11.8 Å². The number of unbranched alkanes of at least 4 members (excludes halogenated alkanes) is 21. The van der Waals surface area contributed by atoms with Crippen LogP contribution in [0.15, 0.2) is 0 Å². The minimum absolute atomic E-state index is 0.00617. The van der Waals surface area contributed by atoms with Crippen molar-refractivity contribution in [3.05, 3.63) is 0 Å². The van der Waals surface area contributed by atoms with Crippen LogP contribution in [0.4, 0.5) is 0 Å². The molecule has 1 atom stereocenters. The van der Waals surface area contributed by atoms with Crippen LogP contribution in [-0.2, 0) is 9.59 Å². The van der Waals surface area contributed by atoms with Gasteiger partial charge in [0.1, 0.15) is 6.04 Å². The van der Waals surface area contributed by atoms with E-state index in [0.717, 1.165) is 25.8 Å². The first-order chi connectivity index (χ1) is 18.5. The molecule has 2 amide bonds. The highest BCUT2D eigenvalue weighted by molar-refractivity contribution is 5.87. The van der Waals surface area contributed by atoms with Gasteiger partial charge in [0.15, 0.2) is 0 Å². The first kappa shape index (κ1) is 36.9. The molecule has 0 fully saturated rings. The molecule has 2 N–H and O–H groups in total. The third-order valence-electron chi connectivity index (χ3n) is 7.70. The molecule has 0 saturated heterocycles. The van der Waals surface area contributed by atoms with Gasteiger partial charge in [-0.15, -0.1) is 0 Å². The number of carbonyl (C=O) groups excluding carboxylic acids is 2. The van der Waals surface area contributed by atoms with Crippen LogP contribution in [0.3, 0.4) is 0 Å². The van der Waals surface area contributed by atoms with Crippen LogP contribution in [0, 0.1) is 5.92 Å². The topological polar surface area (TPSA) is 58.2 Å². The fourth-order valence-corrected chi connectivity index (χ4v) is 5.22. The smallest absolute Gasteiger partial charge is 0.242 e. The van der Waals surface area contributed by atoms with Crippen molar-refractivity contribution in [3.8, 4) is 0 Å². The molecule has 4 heteroatoms. The van der Waals surface area contributed by atoms with Gasteiger partial charge in [-0.3, -0.25) is 9.59 Å². The molecule has 0 bridgehead atoms. The molecule has 4 nitrogen and oxygen atoms in total. The Morgan fingerprint density at radius 3 is 1.29 bits per heavy atom. The Bertz CT molecular complexity index is 521. The predicted octanol–water partition coefficient (Wildman–Crippen LogP) is 10.0. The zero-order valence-corrected chi connectivity index (χ0v) is 26.4. The fourth-order valence-electron chi connectivity index (χ4n) is 5.22. The monoisotopic (exact) mass is 537 g/mol. The number of hydrogen-bond donors (Lipinski definition) is 2. The number of carbonyl (C=O) groups is 2.